The quantitative estimate of drug-likeness (QED) is 0.708. The standard InChI is InChI=1S/C10H19N5O3S/c1-4-5-12-9(16)7-15(3)19(17,18)8-6-14(2)13-10(8)11/h6H,4-5,7H2,1-3H3,(H2,11,13)(H,12,16). The van der Waals surface area contributed by atoms with Crippen LogP contribution in [0.3, 0.4) is 0 Å². The molecule has 0 bridgehead atoms. The average Bonchev–Trinajstić information content (AvgIpc) is 2.66. The molecular weight excluding hydrogens is 270 g/mol. The van der Waals surface area contributed by atoms with Crippen molar-refractivity contribution in [2.24, 2.45) is 7.05 Å². The predicted molar refractivity (Wildman–Crippen MR) is 70.7 cm³/mol. The van der Waals surface area contributed by atoms with Crippen LogP contribution in [-0.4, -0.2) is 48.5 Å². The van der Waals surface area contributed by atoms with Crippen LogP contribution in [0.25, 0.3) is 0 Å². The van der Waals surface area contributed by atoms with Crippen molar-refractivity contribution in [1.29, 1.82) is 0 Å². The van der Waals surface area contributed by atoms with E-state index in [0.717, 1.165) is 10.7 Å². The highest BCUT2D eigenvalue weighted by molar-refractivity contribution is 7.89. The van der Waals surface area contributed by atoms with Gasteiger partial charge >= 0.3 is 0 Å². The fourth-order valence-electron chi connectivity index (χ4n) is 1.46. The second-order valence-electron chi connectivity index (χ2n) is 4.16. The summed E-state index contributed by atoms with van der Waals surface area (Å²) in [6, 6.07) is 0. The number of amides is 1. The number of nitrogens with two attached hydrogens (primary N) is 1. The summed E-state index contributed by atoms with van der Waals surface area (Å²) in [7, 11) is -0.905. The van der Waals surface area contributed by atoms with Crippen molar-refractivity contribution in [3.8, 4) is 0 Å². The zero-order valence-electron chi connectivity index (χ0n) is 11.3. The monoisotopic (exact) mass is 289 g/mol. The molecule has 0 radical (unpaired) electrons. The Morgan fingerprint density at radius 2 is 2.21 bits per heavy atom. The molecule has 0 saturated heterocycles. The molecule has 0 unspecified atom stereocenters. The van der Waals surface area contributed by atoms with Gasteiger partial charge in [-0.1, -0.05) is 6.92 Å². The molecule has 0 spiro atoms. The Labute approximate surface area is 112 Å². The van der Waals surface area contributed by atoms with Gasteiger partial charge in [0.05, 0.1) is 6.54 Å². The van der Waals surface area contributed by atoms with Crippen LogP contribution in [0.4, 0.5) is 5.82 Å². The Hall–Kier alpha value is -1.61. The minimum absolute atomic E-state index is 0.0803. The maximum absolute atomic E-state index is 12.2. The van der Waals surface area contributed by atoms with Crippen LogP contribution in [0.5, 0.6) is 0 Å². The van der Waals surface area contributed by atoms with Crippen molar-refractivity contribution >= 4 is 21.7 Å². The molecule has 0 atom stereocenters. The summed E-state index contributed by atoms with van der Waals surface area (Å²) in [4.78, 5) is 11.4. The number of carbonyl (C=O) groups excluding carboxylic acids is 1. The van der Waals surface area contributed by atoms with Crippen LogP contribution < -0.4 is 11.1 Å². The first kappa shape index (κ1) is 15.4. The predicted octanol–water partition coefficient (Wildman–Crippen LogP) is -0.851. The van der Waals surface area contributed by atoms with Gasteiger partial charge in [0.1, 0.15) is 4.90 Å². The summed E-state index contributed by atoms with van der Waals surface area (Å²) in [5, 5.41) is 6.39. The van der Waals surface area contributed by atoms with Crippen LogP contribution in [0, 0.1) is 0 Å². The zero-order chi connectivity index (χ0) is 14.6. The van der Waals surface area contributed by atoms with E-state index < -0.39 is 10.0 Å². The van der Waals surface area contributed by atoms with Crippen molar-refractivity contribution in [1.82, 2.24) is 19.4 Å². The van der Waals surface area contributed by atoms with Gasteiger partial charge in [0, 0.05) is 26.8 Å². The Morgan fingerprint density at radius 1 is 1.58 bits per heavy atom. The number of aromatic nitrogens is 2. The van der Waals surface area contributed by atoms with Crippen LogP contribution in [0.2, 0.25) is 0 Å². The fraction of sp³-hybridized carbons (Fsp3) is 0.600. The van der Waals surface area contributed by atoms with Crippen LogP contribution in [-0.2, 0) is 21.9 Å². The Morgan fingerprint density at radius 3 is 2.68 bits per heavy atom. The van der Waals surface area contributed by atoms with Gasteiger partial charge < -0.3 is 11.1 Å². The third-order valence-electron chi connectivity index (χ3n) is 2.45. The molecule has 0 saturated carbocycles. The minimum atomic E-state index is -3.80. The Kier molecular flexibility index (Phi) is 4.90. The van der Waals surface area contributed by atoms with Crippen LogP contribution in [0.1, 0.15) is 13.3 Å². The van der Waals surface area contributed by atoms with Gasteiger partial charge in [0.25, 0.3) is 0 Å². The van der Waals surface area contributed by atoms with Crippen molar-refractivity contribution in [3.05, 3.63) is 6.20 Å². The maximum Gasteiger partial charge on any atom is 0.248 e. The molecule has 1 heterocycles. The highest BCUT2D eigenvalue weighted by atomic mass is 32.2. The zero-order valence-corrected chi connectivity index (χ0v) is 12.1. The number of nitrogens with zero attached hydrogens (tertiary/aromatic N) is 3. The van der Waals surface area contributed by atoms with E-state index >= 15 is 0 Å². The molecule has 1 amide bonds. The minimum Gasteiger partial charge on any atom is -0.381 e. The number of anilines is 1. The van der Waals surface area contributed by atoms with Gasteiger partial charge in [0.2, 0.25) is 15.9 Å². The van der Waals surface area contributed by atoms with Gasteiger partial charge in [-0.15, -0.1) is 0 Å². The van der Waals surface area contributed by atoms with E-state index in [0.29, 0.717) is 6.54 Å². The molecule has 0 aliphatic heterocycles. The molecule has 1 aromatic heterocycles. The average molecular weight is 289 g/mol. The lowest BCUT2D eigenvalue weighted by Gasteiger charge is -2.15. The number of likely N-dealkylation sites (N-methyl/N-ethyl adjacent to an activating group) is 1. The van der Waals surface area contributed by atoms with E-state index in [2.05, 4.69) is 10.4 Å². The number of hydrogen-bond donors (Lipinski definition) is 2. The molecule has 0 aromatic carbocycles. The lowest BCUT2D eigenvalue weighted by atomic mass is 10.4. The second kappa shape index (κ2) is 6.02. The van der Waals surface area contributed by atoms with Crippen LogP contribution >= 0.6 is 0 Å². The Bertz CT molecular complexity index is 552. The van der Waals surface area contributed by atoms with Gasteiger partial charge in [-0.2, -0.15) is 9.40 Å². The van der Waals surface area contributed by atoms with Crippen molar-refractivity contribution in [3.63, 3.8) is 0 Å². The second-order valence-corrected chi connectivity index (χ2v) is 6.18. The van der Waals surface area contributed by atoms with E-state index in [-0.39, 0.29) is 23.2 Å². The molecule has 3 N–H and O–H groups in total. The SMILES string of the molecule is CCCNC(=O)CN(C)S(=O)(=O)c1cn(C)nc1N. The van der Waals surface area contributed by atoms with E-state index in [9.17, 15) is 13.2 Å². The van der Waals surface area contributed by atoms with Crippen LogP contribution in [0.15, 0.2) is 11.1 Å². The highest BCUT2D eigenvalue weighted by Crippen LogP contribution is 2.19. The van der Waals surface area contributed by atoms with Gasteiger partial charge in [-0.3, -0.25) is 9.48 Å². The maximum atomic E-state index is 12.2. The number of nitrogen functional groups attached to an aromatic ring is 1. The summed E-state index contributed by atoms with van der Waals surface area (Å²) in [5.74, 6) is -0.432. The fourth-order valence-corrected chi connectivity index (χ4v) is 2.67. The molecule has 1 aromatic rings. The first-order valence-corrected chi connectivity index (χ1v) is 7.25. The normalized spacial score (nSPS) is 11.8. The molecular formula is C10H19N5O3S. The van der Waals surface area contributed by atoms with E-state index in [1.165, 1.54) is 17.9 Å². The molecule has 0 aliphatic rings. The number of sulfonamides is 1. The molecule has 108 valence electrons. The van der Waals surface area contributed by atoms with E-state index in [4.69, 9.17) is 5.73 Å². The summed E-state index contributed by atoms with van der Waals surface area (Å²) in [5.41, 5.74) is 5.54. The smallest absolute Gasteiger partial charge is 0.248 e. The van der Waals surface area contributed by atoms with Gasteiger partial charge in [-0.25, -0.2) is 8.42 Å². The first-order valence-electron chi connectivity index (χ1n) is 5.81. The summed E-state index contributed by atoms with van der Waals surface area (Å²) < 4.78 is 26.6. The highest BCUT2D eigenvalue weighted by Gasteiger charge is 2.27. The molecule has 1 rings (SSSR count). The largest absolute Gasteiger partial charge is 0.381 e. The summed E-state index contributed by atoms with van der Waals surface area (Å²) >= 11 is 0. The van der Waals surface area contributed by atoms with Gasteiger partial charge in [-0.05, 0) is 6.42 Å². The topological polar surface area (TPSA) is 110 Å². The number of aryl methyl sites for hydroxylation is 1. The number of carbonyl (C=O) groups is 1. The molecule has 9 heteroatoms. The number of hydrogen-bond acceptors (Lipinski definition) is 5. The molecule has 0 fully saturated rings. The third kappa shape index (κ3) is 3.67. The summed E-state index contributed by atoms with van der Waals surface area (Å²) in [6.07, 6.45) is 2.10. The number of nitrogens with one attached hydrogen (secondary N) is 1. The van der Waals surface area contributed by atoms with E-state index in [1.54, 1.807) is 7.05 Å². The Balaban J connectivity index is 2.83. The number of rotatable bonds is 6. The molecule has 8 nitrogen and oxygen atoms in total. The van der Waals surface area contributed by atoms with Crippen molar-refractivity contribution < 1.29 is 13.2 Å². The lowest BCUT2D eigenvalue weighted by Crippen LogP contribution is -2.38. The van der Waals surface area contributed by atoms with E-state index in [1.807, 2.05) is 6.92 Å². The van der Waals surface area contributed by atoms with Crippen molar-refractivity contribution in [2.75, 3.05) is 25.9 Å². The third-order valence-corrected chi connectivity index (χ3v) is 4.27. The molecule has 0 aliphatic carbocycles. The van der Waals surface area contributed by atoms with Gasteiger partial charge in [0.15, 0.2) is 5.82 Å². The van der Waals surface area contributed by atoms with Crippen molar-refractivity contribution in [2.45, 2.75) is 18.2 Å². The first-order chi connectivity index (χ1) is 8.78. The lowest BCUT2D eigenvalue weighted by molar-refractivity contribution is -0.121. The summed E-state index contributed by atoms with van der Waals surface area (Å²) in [6.45, 7) is 2.18. The molecule has 19 heavy (non-hydrogen) atoms.